The molecule has 33 heavy (non-hydrogen) atoms. The van der Waals surface area contributed by atoms with Gasteiger partial charge >= 0.3 is 12.1 Å². The summed E-state index contributed by atoms with van der Waals surface area (Å²) in [6.07, 6.45) is 0.934. The van der Waals surface area contributed by atoms with Crippen molar-refractivity contribution < 1.29 is 23.9 Å². The molecule has 2 heterocycles. The van der Waals surface area contributed by atoms with Gasteiger partial charge in [0.15, 0.2) is 0 Å². The van der Waals surface area contributed by atoms with Gasteiger partial charge in [-0.25, -0.2) is 4.79 Å². The van der Waals surface area contributed by atoms with Crippen molar-refractivity contribution in [3.8, 4) is 0 Å². The lowest BCUT2D eigenvalue weighted by Crippen LogP contribution is -2.56. The number of thioether (sulfide) groups is 1. The monoisotopic (exact) mass is 476 g/mol. The minimum Gasteiger partial charge on any atom is -0.460 e. The standard InChI is InChI=1S/C25H36N2O5S/c1-7-18(20-14-17(22(29)31-20)13-16-11-9-8-10-12-16)26-21(28)19-15-33-25(5,6)27(19)23(30)32-24(2,3)4/h8-12,17-20H,7,13-15H2,1-6H3,(H,26,28)/t17-,18+,19+,20+/m1/s1. The summed E-state index contributed by atoms with van der Waals surface area (Å²) in [5.74, 6) is -0.198. The third-order valence-electron chi connectivity index (χ3n) is 6.04. The number of carbonyl (C=O) groups excluding carboxylic acids is 3. The second kappa shape index (κ2) is 9.95. The fourth-order valence-corrected chi connectivity index (χ4v) is 5.58. The summed E-state index contributed by atoms with van der Waals surface area (Å²) in [7, 11) is 0. The summed E-state index contributed by atoms with van der Waals surface area (Å²) in [5.41, 5.74) is 0.439. The molecule has 8 heteroatoms. The summed E-state index contributed by atoms with van der Waals surface area (Å²) in [4.78, 5) is 39.7. The molecule has 0 radical (unpaired) electrons. The number of benzene rings is 1. The van der Waals surface area contributed by atoms with E-state index in [0.717, 1.165) is 5.56 Å². The van der Waals surface area contributed by atoms with E-state index in [-0.39, 0.29) is 29.9 Å². The highest BCUT2D eigenvalue weighted by atomic mass is 32.2. The summed E-state index contributed by atoms with van der Waals surface area (Å²) in [5, 5.41) is 3.06. The zero-order valence-electron chi connectivity index (χ0n) is 20.4. The molecule has 1 aromatic carbocycles. The molecule has 2 fully saturated rings. The van der Waals surface area contributed by atoms with Crippen LogP contribution in [0.5, 0.6) is 0 Å². The SMILES string of the molecule is CC[C@H](NC(=O)[C@@H]1CSC(C)(C)N1C(=O)OC(C)(C)C)[C@@H]1C[C@@H](Cc2ccccc2)C(=O)O1. The first-order valence-corrected chi connectivity index (χ1v) is 12.6. The maximum atomic E-state index is 13.3. The Bertz CT molecular complexity index is 867. The minimum atomic E-state index is -0.654. The van der Waals surface area contributed by atoms with E-state index in [0.29, 0.717) is 25.0 Å². The molecule has 1 N–H and O–H groups in total. The number of rotatable bonds is 6. The minimum absolute atomic E-state index is 0.218. The van der Waals surface area contributed by atoms with Crippen LogP contribution in [0.2, 0.25) is 0 Å². The van der Waals surface area contributed by atoms with E-state index in [2.05, 4.69) is 5.32 Å². The molecule has 0 bridgehead atoms. The molecule has 2 saturated heterocycles. The second-order valence-corrected chi connectivity index (χ2v) is 11.9. The van der Waals surface area contributed by atoms with Crippen molar-refractivity contribution in [2.24, 2.45) is 5.92 Å². The van der Waals surface area contributed by atoms with Crippen molar-refractivity contribution >= 4 is 29.7 Å². The highest BCUT2D eigenvalue weighted by Crippen LogP contribution is 2.40. The lowest BCUT2D eigenvalue weighted by Gasteiger charge is -2.36. The Labute approximate surface area is 200 Å². The zero-order chi connectivity index (χ0) is 24.4. The number of nitrogens with zero attached hydrogens (tertiary/aromatic N) is 1. The van der Waals surface area contributed by atoms with Crippen molar-refractivity contribution in [3.05, 3.63) is 35.9 Å². The van der Waals surface area contributed by atoms with Crippen molar-refractivity contribution in [1.29, 1.82) is 0 Å². The lowest BCUT2D eigenvalue weighted by atomic mass is 9.93. The van der Waals surface area contributed by atoms with Crippen LogP contribution >= 0.6 is 11.8 Å². The van der Waals surface area contributed by atoms with Crippen LogP contribution in [0.3, 0.4) is 0 Å². The zero-order valence-corrected chi connectivity index (χ0v) is 21.2. The van der Waals surface area contributed by atoms with Gasteiger partial charge in [0.25, 0.3) is 0 Å². The smallest absolute Gasteiger partial charge is 0.412 e. The van der Waals surface area contributed by atoms with E-state index < -0.39 is 22.6 Å². The molecular weight excluding hydrogens is 440 g/mol. The number of cyclic esters (lactones) is 1. The largest absolute Gasteiger partial charge is 0.460 e. The van der Waals surface area contributed by atoms with Gasteiger partial charge in [-0.05, 0) is 59.4 Å². The molecule has 3 rings (SSSR count). The van der Waals surface area contributed by atoms with Crippen LogP contribution in [0.15, 0.2) is 30.3 Å². The molecule has 2 aliphatic heterocycles. The van der Waals surface area contributed by atoms with Gasteiger partial charge in [-0.15, -0.1) is 11.8 Å². The molecule has 0 aliphatic carbocycles. The Morgan fingerprint density at radius 1 is 1.27 bits per heavy atom. The number of ether oxygens (including phenoxy) is 2. The summed E-state index contributed by atoms with van der Waals surface area (Å²) >= 11 is 1.55. The van der Waals surface area contributed by atoms with Gasteiger partial charge in [0, 0.05) is 5.75 Å². The van der Waals surface area contributed by atoms with Crippen molar-refractivity contribution in [1.82, 2.24) is 10.2 Å². The van der Waals surface area contributed by atoms with Gasteiger partial charge < -0.3 is 14.8 Å². The third kappa shape index (κ3) is 6.22. The quantitative estimate of drug-likeness (QED) is 0.621. The summed E-state index contributed by atoms with van der Waals surface area (Å²) in [6.45, 7) is 11.2. The summed E-state index contributed by atoms with van der Waals surface area (Å²) < 4.78 is 11.3. The molecule has 1 aromatic rings. The number of hydrogen-bond acceptors (Lipinski definition) is 6. The van der Waals surface area contributed by atoms with Crippen molar-refractivity contribution in [2.75, 3.05) is 5.75 Å². The average molecular weight is 477 g/mol. The first-order chi connectivity index (χ1) is 15.4. The van der Waals surface area contributed by atoms with Gasteiger partial charge in [-0.1, -0.05) is 37.3 Å². The van der Waals surface area contributed by atoms with E-state index >= 15 is 0 Å². The van der Waals surface area contributed by atoms with E-state index in [9.17, 15) is 14.4 Å². The van der Waals surface area contributed by atoms with Gasteiger partial charge in [-0.2, -0.15) is 0 Å². The topological polar surface area (TPSA) is 84.9 Å². The van der Waals surface area contributed by atoms with E-state index in [1.54, 1.807) is 11.8 Å². The molecule has 4 atom stereocenters. The van der Waals surface area contributed by atoms with Crippen LogP contribution in [0.4, 0.5) is 4.79 Å². The van der Waals surface area contributed by atoms with Crippen LogP contribution in [-0.2, 0) is 25.5 Å². The lowest BCUT2D eigenvalue weighted by molar-refractivity contribution is -0.146. The van der Waals surface area contributed by atoms with Crippen LogP contribution in [0, 0.1) is 5.92 Å². The molecule has 182 valence electrons. The van der Waals surface area contributed by atoms with Crippen LogP contribution in [-0.4, -0.2) is 57.3 Å². The Hall–Kier alpha value is -2.22. The molecule has 7 nitrogen and oxygen atoms in total. The van der Waals surface area contributed by atoms with Gasteiger partial charge in [0.2, 0.25) is 5.91 Å². The molecule has 2 amide bonds. The van der Waals surface area contributed by atoms with Crippen molar-refractivity contribution in [3.63, 3.8) is 0 Å². The molecular formula is C25H36N2O5S. The fraction of sp³-hybridized carbons (Fsp3) is 0.640. The molecule has 0 aromatic heterocycles. The molecule has 0 unspecified atom stereocenters. The number of amides is 2. The highest BCUT2D eigenvalue weighted by Gasteiger charge is 2.49. The van der Waals surface area contributed by atoms with E-state index in [1.807, 2.05) is 71.9 Å². The number of nitrogens with one attached hydrogen (secondary N) is 1. The van der Waals surface area contributed by atoms with Gasteiger partial charge in [0.1, 0.15) is 17.7 Å². The maximum absolute atomic E-state index is 13.3. The first kappa shape index (κ1) is 25.4. The van der Waals surface area contributed by atoms with Crippen LogP contribution in [0.25, 0.3) is 0 Å². The Morgan fingerprint density at radius 2 is 1.94 bits per heavy atom. The van der Waals surface area contributed by atoms with Crippen LogP contribution < -0.4 is 5.32 Å². The Kier molecular flexibility index (Phi) is 7.66. The number of carbonyl (C=O) groups is 3. The van der Waals surface area contributed by atoms with Gasteiger partial charge in [-0.3, -0.25) is 14.5 Å². The molecule has 0 spiro atoms. The van der Waals surface area contributed by atoms with Crippen molar-refractivity contribution in [2.45, 2.75) is 89.5 Å². The highest BCUT2D eigenvalue weighted by molar-refractivity contribution is 8.00. The van der Waals surface area contributed by atoms with E-state index in [1.165, 1.54) is 4.90 Å². The predicted molar refractivity (Wildman–Crippen MR) is 129 cm³/mol. The average Bonchev–Trinajstić information content (AvgIpc) is 3.24. The number of esters is 1. The van der Waals surface area contributed by atoms with Gasteiger partial charge in [0.05, 0.1) is 16.8 Å². The third-order valence-corrected chi connectivity index (χ3v) is 7.42. The molecule has 2 aliphatic rings. The second-order valence-electron chi connectivity index (χ2n) is 10.2. The number of hydrogen-bond donors (Lipinski definition) is 1. The Balaban J connectivity index is 1.66. The Morgan fingerprint density at radius 3 is 2.55 bits per heavy atom. The molecule has 0 saturated carbocycles. The normalized spacial score (nSPS) is 25.5. The fourth-order valence-electron chi connectivity index (χ4n) is 4.37. The van der Waals surface area contributed by atoms with Crippen LogP contribution in [0.1, 0.15) is 59.9 Å². The maximum Gasteiger partial charge on any atom is 0.412 e. The predicted octanol–water partition coefficient (Wildman–Crippen LogP) is 4.14. The summed E-state index contributed by atoms with van der Waals surface area (Å²) in [6, 6.07) is 8.92. The first-order valence-electron chi connectivity index (χ1n) is 11.6. The van der Waals surface area contributed by atoms with E-state index in [4.69, 9.17) is 9.47 Å².